The lowest BCUT2D eigenvalue weighted by atomic mass is 10.1. The van der Waals surface area contributed by atoms with Gasteiger partial charge >= 0.3 is 5.97 Å². The number of hydrogen-bond acceptors (Lipinski definition) is 4. The van der Waals surface area contributed by atoms with Gasteiger partial charge in [-0.05, 0) is 18.6 Å². The lowest BCUT2D eigenvalue weighted by Crippen LogP contribution is -2.41. The molecule has 8 heteroatoms. The number of hydrogen-bond donors (Lipinski definition) is 2. The van der Waals surface area contributed by atoms with Crippen LogP contribution in [0.2, 0.25) is 0 Å². The van der Waals surface area contributed by atoms with E-state index in [1.165, 1.54) is 10.7 Å². The molecule has 26 heavy (non-hydrogen) atoms. The largest absolute Gasteiger partial charge is 0.480 e. The average Bonchev–Trinajstić information content (AvgIpc) is 3.04. The molecule has 1 atom stereocenters. The fourth-order valence-electron chi connectivity index (χ4n) is 2.48. The number of nitrogens with one attached hydrogen (secondary N) is 1. The number of nitrogens with zero attached hydrogens (tertiary/aromatic N) is 3. The Morgan fingerprint density at radius 1 is 1.31 bits per heavy atom. The van der Waals surface area contributed by atoms with Crippen LogP contribution in [0.15, 0.2) is 24.3 Å². The fourth-order valence-corrected chi connectivity index (χ4v) is 2.48. The third-order valence-electron chi connectivity index (χ3n) is 3.88. The number of carboxylic acids is 1. The van der Waals surface area contributed by atoms with Crippen molar-refractivity contribution in [2.45, 2.75) is 52.0 Å². The molecule has 140 valence electrons. The van der Waals surface area contributed by atoms with E-state index < -0.39 is 23.7 Å². The molecule has 1 amide bonds. The standard InChI is InChI=1S/C18H23FN4O3/c1-4-5-9-13(18(25)26)20-17(24)15-21-16(11(2)3)23(22-15)14-10-7-6-8-12(14)19/h6-8,10-11,13H,4-5,9H2,1-3H3,(H,20,24)(H,25,26). The van der Waals surface area contributed by atoms with Gasteiger partial charge in [0.25, 0.3) is 5.91 Å². The van der Waals surface area contributed by atoms with Crippen LogP contribution in [-0.4, -0.2) is 37.8 Å². The lowest BCUT2D eigenvalue weighted by molar-refractivity contribution is -0.139. The van der Waals surface area contributed by atoms with Crippen LogP contribution < -0.4 is 5.32 Å². The van der Waals surface area contributed by atoms with E-state index in [-0.39, 0.29) is 17.4 Å². The highest BCUT2D eigenvalue weighted by Crippen LogP contribution is 2.19. The van der Waals surface area contributed by atoms with E-state index in [0.29, 0.717) is 18.7 Å². The van der Waals surface area contributed by atoms with Crippen LogP contribution >= 0.6 is 0 Å². The van der Waals surface area contributed by atoms with Crippen molar-refractivity contribution in [1.29, 1.82) is 0 Å². The molecule has 0 saturated carbocycles. The zero-order valence-electron chi connectivity index (χ0n) is 15.1. The summed E-state index contributed by atoms with van der Waals surface area (Å²) in [6.07, 6.45) is 1.81. The smallest absolute Gasteiger partial charge is 0.326 e. The average molecular weight is 362 g/mol. The number of aromatic nitrogens is 3. The Hall–Kier alpha value is -2.77. The molecule has 1 heterocycles. The van der Waals surface area contributed by atoms with Crippen LogP contribution in [0.4, 0.5) is 4.39 Å². The molecule has 1 unspecified atom stereocenters. The third kappa shape index (κ3) is 4.44. The Kier molecular flexibility index (Phi) is 6.43. The predicted molar refractivity (Wildman–Crippen MR) is 93.8 cm³/mol. The normalized spacial score (nSPS) is 12.2. The van der Waals surface area contributed by atoms with Gasteiger partial charge in [-0.1, -0.05) is 45.7 Å². The maximum absolute atomic E-state index is 14.1. The van der Waals surface area contributed by atoms with Crippen molar-refractivity contribution in [3.63, 3.8) is 0 Å². The highest BCUT2D eigenvalue weighted by atomic mass is 19.1. The molecule has 0 bridgehead atoms. The van der Waals surface area contributed by atoms with Crippen molar-refractivity contribution in [1.82, 2.24) is 20.1 Å². The van der Waals surface area contributed by atoms with Crippen LogP contribution in [0.25, 0.3) is 5.69 Å². The van der Waals surface area contributed by atoms with Gasteiger partial charge in [0.05, 0.1) is 0 Å². The van der Waals surface area contributed by atoms with Crippen molar-refractivity contribution < 1.29 is 19.1 Å². The molecule has 2 N–H and O–H groups in total. The number of carbonyl (C=O) groups is 2. The molecule has 1 aromatic carbocycles. The van der Waals surface area contributed by atoms with E-state index in [1.54, 1.807) is 18.2 Å². The summed E-state index contributed by atoms with van der Waals surface area (Å²) in [5.74, 6) is -2.16. The van der Waals surface area contributed by atoms with E-state index in [9.17, 15) is 19.1 Å². The van der Waals surface area contributed by atoms with E-state index >= 15 is 0 Å². The molecule has 7 nitrogen and oxygen atoms in total. The van der Waals surface area contributed by atoms with Crippen LogP contribution in [0.1, 0.15) is 62.4 Å². The van der Waals surface area contributed by atoms with Crippen LogP contribution in [0.5, 0.6) is 0 Å². The summed E-state index contributed by atoms with van der Waals surface area (Å²) in [5, 5.41) is 15.8. The minimum Gasteiger partial charge on any atom is -0.480 e. The first-order valence-electron chi connectivity index (χ1n) is 8.60. The molecule has 0 spiro atoms. The Balaban J connectivity index is 2.33. The van der Waals surface area contributed by atoms with Crippen molar-refractivity contribution in [2.24, 2.45) is 0 Å². The topological polar surface area (TPSA) is 97.1 Å². The number of amides is 1. The van der Waals surface area contributed by atoms with Gasteiger partial charge in [-0.15, -0.1) is 5.10 Å². The molecule has 2 rings (SSSR count). The van der Waals surface area contributed by atoms with Crippen molar-refractivity contribution in [3.8, 4) is 5.69 Å². The summed E-state index contributed by atoms with van der Waals surface area (Å²) in [7, 11) is 0. The zero-order chi connectivity index (χ0) is 19.3. The van der Waals surface area contributed by atoms with Crippen molar-refractivity contribution >= 4 is 11.9 Å². The molecule has 0 aliphatic heterocycles. The van der Waals surface area contributed by atoms with Gasteiger partial charge in [0.1, 0.15) is 23.4 Å². The SMILES string of the molecule is CCCCC(NC(=O)c1nc(C(C)C)n(-c2ccccc2F)n1)C(=O)O. The number of unbranched alkanes of at least 4 members (excludes halogenated alkanes) is 1. The van der Waals surface area contributed by atoms with E-state index in [2.05, 4.69) is 15.4 Å². The molecule has 0 fully saturated rings. The Bertz CT molecular complexity index is 788. The first-order valence-corrected chi connectivity index (χ1v) is 8.60. The zero-order valence-corrected chi connectivity index (χ0v) is 15.1. The number of aliphatic carboxylic acids is 1. The first-order chi connectivity index (χ1) is 12.3. The van der Waals surface area contributed by atoms with E-state index in [4.69, 9.17) is 0 Å². The predicted octanol–water partition coefficient (Wildman–Crippen LogP) is 2.90. The second kappa shape index (κ2) is 8.55. The monoisotopic (exact) mass is 362 g/mol. The Morgan fingerprint density at radius 2 is 2.00 bits per heavy atom. The van der Waals surface area contributed by atoms with E-state index in [1.807, 2.05) is 20.8 Å². The number of para-hydroxylation sites is 1. The summed E-state index contributed by atoms with van der Waals surface area (Å²) < 4.78 is 15.4. The molecule has 1 aromatic heterocycles. The second-order valence-corrected chi connectivity index (χ2v) is 6.32. The first kappa shape index (κ1) is 19.6. The Morgan fingerprint density at radius 3 is 2.58 bits per heavy atom. The van der Waals surface area contributed by atoms with Gasteiger partial charge in [0.15, 0.2) is 0 Å². The fraction of sp³-hybridized carbons (Fsp3) is 0.444. The van der Waals surface area contributed by atoms with Gasteiger partial charge in [-0.25, -0.2) is 18.9 Å². The maximum atomic E-state index is 14.1. The molecule has 0 aliphatic carbocycles. The Labute approximate surface area is 151 Å². The molecular formula is C18H23FN4O3. The molecule has 2 aromatic rings. The van der Waals surface area contributed by atoms with Gasteiger partial charge in [-0.2, -0.15) is 0 Å². The highest BCUT2D eigenvalue weighted by molar-refractivity contribution is 5.93. The number of carboxylic acid groups (broad SMARTS) is 1. The van der Waals surface area contributed by atoms with Gasteiger partial charge in [0.2, 0.25) is 5.82 Å². The molecule has 0 saturated heterocycles. The van der Waals surface area contributed by atoms with Gasteiger partial charge in [-0.3, -0.25) is 4.79 Å². The number of carbonyl (C=O) groups excluding carboxylic acids is 1. The summed E-state index contributed by atoms with van der Waals surface area (Å²) >= 11 is 0. The number of rotatable bonds is 8. The highest BCUT2D eigenvalue weighted by Gasteiger charge is 2.25. The number of benzene rings is 1. The summed E-state index contributed by atoms with van der Waals surface area (Å²) in [6.45, 7) is 5.64. The molecular weight excluding hydrogens is 339 g/mol. The number of halogens is 1. The lowest BCUT2D eigenvalue weighted by Gasteiger charge is -2.12. The van der Waals surface area contributed by atoms with Gasteiger partial charge in [0, 0.05) is 5.92 Å². The summed E-state index contributed by atoms with van der Waals surface area (Å²) in [6, 6.07) is 5.05. The van der Waals surface area contributed by atoms with Gasteiger partial charge < -0.3 is 10.4 Å². The summed E-state index contributed by atoms with van der Waals surface area (Å²) in [5.41, 5.74) is 0.184. The minimum absolute atomic E-state index is 0.112. The minimum atomic E-state index is -1.11. The third-order valence-corrected chi connectivity index (χ3v) is 3.88. The summed E-state index contributed by atoms with van der Waals surface area (Å²) in [4.78, 5) is 27.9. The van der Waals surface area contributed by atoms with Crippen molar-refractivity contribution in [3.05, 3.63) is 41.7 Å². The maximum Gasteiger partial charge on any atom is 0.326 e. The quantitative estimate of drug-likeness (QED) is 0.752. The van der Waals surface area contributed by atoms with Crippen LogP contribution in [0.3, 0.4) is 0 Å². The van der Waals surface area contributed by atoms with Crippen LogP contribution in [0, 0.1) is 5.82 Å². The molecule has 0 radical (unpaired) electrons. The van der Waals surface area contributed by atoms with Crippen LogP contribution in [-0.2, 0) is 4.79 Å². The van der Waals surface area contributed by atoms with Crippen molar-refractivity contribution in [2.75, 3.05) is 0 Å². The second-order valence-electron chi connectivity index (χ2n) is 6.32. The molecule has 0 aliphatic rings. The van der Waals surface area contributed by atoms with E-state index in [0.717, 1.165) is 6.42 Å².